The average Bonchev–Trinajstić information content (AvgIpc) is 3.07. The summed E-state index contributed by atoms with van der Waals surface area (Å²) >= 11 is 5.97. The second-order valence-electron chi connectivity index (χ2n) is 4.99. The molecular formula is C14H17ClN2. The normalized spacial score (nSPS) is 18.4. The maximum atomic E-state index is 8.77. The van der Waals surface area contributed by atoms with Crippen molar-refractivity contribution in [1.29, 1.82) is 5.26 Å². The molecule has 0 spiro atoms. The molecule has 1 saturated carbocycles. The smallest absolute Gasteiger partial charge is 0.0628 e. The molecule has 1 aromatic carbocycles. The van der Waals surface area contributed by atoms with Crippen molar-refractivity contribution in [2.45, 2.75) is 32.2 Å². The zero-order valence-corrected chi connectivity index (χ0v) is 10.8. The zero-order chi connectivity index (χ0) is 12.3. The summed E-state index contributed by atoms with van der Waals surface area (Å²) in [4.78, 5) is 0. The van der Waals surface area contributed by atoms with Gasteiger partial charge in [-0.15, -0.1) is 0 Å². The fraction of sp³-hybridized carbons (Fsp3) is 0.500. The van der Waals surface area contributed by atoms with Crippen LogP contribution in [0.3, 0.4) is 0 Å². The Balaban J connectivity index is 1.90. The van der Waals surface area contributed by atoms with Crippen LogP contribution >= 0.6 is 11.6 Å². The first-order valence-electron chi connectivity index (χ1n) is 6.01. The van der Waals surface area contributed by atoms with Crippen molar-refractivity contribution in [3.05, 3.63) is 34.9 Å². The molecule has 1 atom stereocenters. The number of hydrogen-bond donors (Lipinski definition) is 1. The van der Waals surface area contributed by atoms with E-state index in [0.29, 0.717) is 6.42 Å². The first-order chi connectivity index (χ1) is 8.15. The van der Waals surface area contributed by atoms with Crippen molar-refractivity contribution in [3.8, 4) is 6.07 Å². The highest BCUT2D eigenvalue weighted by Crippen LogP contribution is 2.48. The van der Waals surface area contributed by atoms with Gasteiger partial charge in [0.25, 0.3) is 0 Å². The van der Waals surface area contributed by atoms with Crippen LogP contribution in [0.2, 0.25) is 5.02 Å². The van der Waals surface area contributed by atoms with Crippen LogP contribution < -0.4 is 5.32 Å². The van der Waals surface area contributed by atoms with Crippen molar-refractivity contribution < 1.29 is 0 Å². The summed E-state index contributed by atoms with van der Waals surface area (Å²) in [6, 6.07) is 10.5. The minimum Gasteiger partial charge on any atom is -0.310 e. The highest BCUT2D eigenvalue weighted by atomic mass is 35.5. The Morgan fingerprint density at radius 1 is 1.53 bits per heavy atom. The Bertz CT molecular complexity index is 432. The van der Waals surface area contributed by atoms with Gasteiger partial charge in [0.15, 0.2) is 0 Å². The fourth-order valence-corrected chi connectivity index (χ4v) is 2.22. The molecule has 0 unspecified atom stereocenters. The van der Waals surface area contributed by atoms with Gasteiger partial charge in [-0.2, -0.15) is 5.26 Å². The molecule has 17 heavy (non-hydrogen) atoms. The lowest BCUT2D eigenvalue weighted by atomic mass is 10.0. The Kier molecular flexibility index (Phi) is 3.71. The van der Waals surface area contributed by atoms with Crippen LogP contribution in [0.5, 0.6) is 0 Å². The molecule has 0 saturated heterocycles. The Labute approximate surface area is 108 Å². The van der Waals surface area contributed by atoms with E-state index in [-0.39, 0.29) is 11.5 Å². The molecule has 1 aliphatic carbocycles. The van der Waals surface area contributed by atoms with Crippen molar-refractivity contribution in [1.82, 2.24) is 5.32 Å². The van der Waals surface area contributed by atoms with Gasteiger partial charge in [-0.25, -0.2) is 0 Å². The SMILES string of the molecule is C[C@@H](NCC1(CC#N)CC1)c1cccc(Cl)c1. The molecule has 3 heteroatoms. The molecule has 2 nitrogen and oxygen atoms in total. The second kappa shape index (κ2) is 5.08. The van der Waals surface area contributed by atoms with Gasteiger partial charge in [-0.05, 0) is 42.9 Å². The van der Waals surface area contributed by atoms with E-state index in [1.807, 2.05) is 18.2 Å². The van der Waals surface area contributed by atoms with E-state index >= 15 is 0 Å². The lowest BCUT2D eigenvalue weighted by Gasteiger charge is -2.18. The Hall–Kier alpha value is -1.04. The number of benzene rings is 1. The third-order valence-corrected chi connectivity index (χ3v) is 3.78. The minimum atomic E-state index is 0.252. The maximum absolute atomic E-state index is 8.77. The lowest BCUT2D eigenvalue weighted by Crippen LogP contribution is -2.26. The number of nitriles is 1. The minimum absolute atomic E-state index is 0.252. The van der Waals surface area contributed by atoms with Crippen molar-refractivity contribution in [3.63, 3.8) is 0 Å². The number of nitrogens with one attached hydrogen (secondary N) is 1. The van der Waals surface area contributed by atoms with E-state index in [1.165, 1.54) is 18.4 Å². The van der Waals surface area contributed by atoms with Gasteiger partial charge >= 0.3 is 0 Å². The first-order valence-corrected chi connectivity index (χ1v) is 6.39. The van der Waals surface area contributed by atoms with Crippen LogP contribution in [0.1, 0.15) is 37.8 Å². The molecular weight excluding hydrogens is 232 g/mol. The summed E-state index contributed by atoms with van der Waals surface area (Å²) in [6.07, 6.45) is 3.02. The van der Waals surface area contributed by atoms with Gasteiger partial charge < -0.3 is 5.32 Å². The molecule has 0 amide bonds. The number of rotatable bonds is 5. The van der Waals surface area contributed by atoms with Gasteiger partial charge in [-0.3, -0.25) is 0 Å². The van der Waals surface area contributed by atoms with Gasteiger partial charge in [0.2, 0.25) is 0 Å². The molecule has 2 rings (SSSR count). The number of halogens is 1. The molecule has 0 aliphatic heterocycles. The molecule has 1 aromatic rings. The molecule has 0 heterocycles. The monoisotopic (exact) mass is 248 g/mol. The third kappa shape index (κ3) is 3.21. The van der Waals surface area contributed by atoms with E-state index in [2.05, 4.69) is 24.4 Å². The molecule has 90 valence electrons. The summed E-state index contributed by atoms with van der Waals surface area (Å²) in [5.74, 6) is 0. The van der Waals surface area contributed by atoms with Crippen LogP contribution in [-0.2, 0) is 0 Å². The highest BCUT2D eigenvalue weighted by Gasteiger charge is 2.42. The first kappa shape index (κ1) is 12.4. The van der Waals surface area contributed by atoms with Crippen LogP contribution in [0, 0.1) is 16.7 Å². The third-order valence-electron chi connectivity index (χ3n) is 3.54. The average molecular weight is 249 g/mol. The van der Waals surface area contributed by atoms with E-state index < -0.39 is 0 Å². The van der Waals surface area contributed by atoms with Gasteiger partial charge in [0.1, 0.15) is 0 Å². The summed E-state index contributed by atoms with van der Waals surface area (Å²) < 4.78 is 0. The van der Waals surface area contributed by atoms with E-state index in [4.69, 9.17) is 16.9 Å². The molecule has 1 N–H and O–H groups in total. The maximum Gasteiger partial charge on any atom is 0.0628 e. The quantitative estimate of drug-likeness (QED) is 0.863. The van der Waals surface area contributed by atoms with Gasteiger partial charge in [0.05, 0.1) is 6.07 Å². The van der Waals surface area contributed by atoms with E-state index in [9.17, 15) is 0 Å². The summed E-state index contributed by atoms with van der Waals surface area (Å²) in [7, 11) is 0. The zero-order valence-electron chi connectivity index (χ0n) is 10.0. The van der Waals surface area contributed by atoms with Crippen LogP contribution in [0.25, 0.3) is 0 Å². The molecule has 1 fully saturated rings. The molecule has 0 bridgehead atoms. The van der Waals surface area contributed by atoms with Crippen LogP contribution in [-0.4, -0.2) is 6.54 Å². The Morgan fingerprint density at radius 2 is 2.29 bits per heavy atom. The summed E-state index contributed by atoms with van der Waals surface area (Å²) in [5, 5.41) is 13.0. The van der Waals surface area contributed by atoms with Crippen molar-refractivity contribution in [2.24, 2.45) is 5.41 Å². The number of hydrogen-bond acceptors (Lipinski definition) is 2. The molecule has 0 aromatic heterocycles. The molecule has 1 aliphatic rings. The Morgan fingerprint density at radius 3 is 2.88 bits per heavy atom. The van der Waals surface area contributed by atoms with Crippen molar-refractivity contribution >= 4 is 11.6 Å². The molecule has 0 radical (unpaired) electrons. The van der Waals surface area contributed by atoms with E-state index in [0.717, 1.165) is 11.6 Å². The van der Waals surface area contributed by atoms with Crippen molar-refractivity contribution in [2.75, 3.05) is 6.54 Å². The standard InChI is InChI=1S/C14H17ClN2/c1-11(12-3-2-4-13(15)9-12)17-10-14(5-6-14)7-8-16/h2-4,9,11,17H,5-7,10H2,1H3/t11-/m1/s1. The predicted molar refractivity (Wildman–Crippen MR) is 69.8 cm³/mol. The van der Waals surface area contributed by atoms with Gasteiger partial charge in [0, 0.05) is 24.0 Å². The summed E-state index contributed by atoms with van der Waals surface area (Å²) in [5.41, 5.74) is 1.45. The van der Waals surface area contributed by atoms with Gasteiger partial charge in [-0.1, -0.05) is 23.7 Å². The lowest BCUT2D eigenvalue weighted by molar-refractivity contribution is 0.433. The topological polar surface area (TPSA) is 35.8 Å². The number of nitrogens with zero attached hydrogens (tertiary/aromatic N) is 1. The fourth-order valence-electron chi connectivity index (χ4n) is 2.02. The van der Waals surface area contributed by atoms with E-state index in [1.54, 1.807) is 0 Å². The largest absolute Gasteiger partial charge is 0.310 e. The highest BCUT2D eigenvalue weighted by molar-refractivity contribution is 6.30. The van der Waals surface area contributed by atoms with Crippen LogP contribution in [0.15, 0.2) is 24.3 Å². The second-order valence-corrected chi connectivity index (χ2v) is 5.43. The summed E-state index contributed by atoms with van der Waals surface area (Å²) in [6.45, 7) is 3.06. The predicted octanol–water partition coefficient (Wildman–Crippen LogP) is 3.68. The van der Waals surface area contributed by atoms with Crippen LogP contribution in [0.4, 0.5) is 0 Å².